The van der Waals surface area contributed by atoms with Crippen LogP contribution < -0.4 is 5.32 Å². The molecule has 0 aromatic heterocycles. The van der Waals surface area contributed by atoms with Gasteiger partial charge in [0.2, 0.25) is 5.91 Å². The van der Waals surface area contributed by atoms with Crippen molar-refractivity contribution in [1.29, 1.82) is 0 Å². The highest BCUT2D eigenvalue weighted by Crippen LogP contribution is 2.21. The van der Waals surface area contributed by atoms with Crippen LogP contribution >= 0.6 is 34.8 Å². The van der Waals surface area contributed by atoms with E-state index in [1.54, 1.807) is 12.1 Å². The SMILES string of the molecule is CC(C)(CCl)C(=O)NCCc1ccc(Cl)cc1Cl. The van der Waals surface area contributed by atoms with Crippen molar-refractivity contribution in [3.05, 3.63) is 33.8 Å². The van der Waals surface area contributed by atoms with Crippen LogP contribution in [-0.2, 0) is 11.2 Å². The van der Waals surface area contributed by atoms with Crippen LogP contribution in [0.1, 0.15) is 19.4 Å². The van der Waals surface area contributed by atoms with Crippen molar-refractivity contribution >= 4 is 40.7 Å². The topological polar surface area (TPSA) is 29.1 Å². The third-order valence-corrected chi connectivity index (χ3v) is 3.90. The molecular formula is C13H16Cl3NO. The number of carbonyl (C=O) groups excluding carboxylic acids is 1. The van der Waals surface area contributed by atoms with E-state index in [4.69, 9.17) is 34.8 Å². The number of halogens is 3. The van der Waals surface area contributed by atoms with Gasteiger partial charge in [0.05, 0.1) is 5.41 Å². The Morgan fingerprint density at radius 3 is 2.56 bits per heavy atom. The number of alkyl halides is 1. The Hall–Kier alpha value is -0.440. The normalized spacial score (nSPS) is 11.4. The molecule has 0 heterocycles. The number of benzene rings is 1. The van der Waals surface area contributed by atoms with Crippen LogP contribution in [0.25, 0.3) is 0 Å². The van der Waals surface area contributed by atoms with Crippen LogP contribution in [0.15, 0.2) is 18.2 Å². The summed E-state index contributed by atoms with van der Waals surface area (Å²) in [5, 5.41) is 4.08. The average molecular weight is 309 g/mol. The second-order valence-electron chi connectivity index (χ2n) is 4.76. The van der Waals surface area contributed by atoms with Gasteiger partial charge in [0, 0.05) is 22.5 Å². The summed E-state index contributed by atoms with van der Waals surface area (Å²) in [4.78, 5) is 11.8. The van der Waals surface area contributed by atoms with E-state index < -0.39 is 5.41 Å². The second-order valence-corrected chi connectivity index (χ2v) is 5.87. The average Bonchev–Trinajstić information content (AvgIpc) is 2.31. The first-order valence-corrected chi connectivity index (χ1v) is 6.94. The number of rotatable bonds is 5. The van der Waals surface area contributed by atoms with Crippen LogP contribution in [0.2, 0.25) is 10.0 Å². The van der Waals surface area contributed by atoms with Gasteiger partial charge < -0.3 is 5.32 Å². The molecule has 0 radical (unpaired) electrons. The standard InChI is InChI=1S/C13H16Cl3NO/c1-13(2,8-14)12(18)17-6-5-9-3-4-10(15)7-11(9)16/h3-4,7H,5-6,8H2,1-2H3,(H,17,18). The molecule has 0 aliphatic rings. The predicted molar refractivity (Wildman–Crippen MR) is 77.7 cm³/mol. The summed E-state index contributed by atoms with van der Waals surface area (Å²) < 4.78 is 0. The van der Waals surface area contributed by atoms with Crippen molar-refractivity contribution < 1.29 is 4.79 Å². The maximum absolute atomic E-state index is 11.8. The molecule has 0 saturated heterocycles. The molecule has 0 spiro atoms. The summed E-state index contributed by atoms with van der Waals surface area (Å²) >= 11 is 17.6. The van der Waals surface area contributed by atoms with Crippen molar-refractivity contribution in [2.45, 2.75) is 20.3 Å². The van der Waals surface area contributed by atoms with Gasteiger partial charge in [-0.1, -0.05) is 29.3 Å². The lowest BCUT2D eigenvalue weighted by Crippen LogP contribution is -2.39. The monoisotopic (exact) mass is 307 g/mol. The third-order valence-electron chi connectivity index (χ3n) is 2.64. The third kappa shape index (κ3) is 4.34. The van der Waals surface area contributed by atoms with E-state index in [9.17, 15) is 4.79 Å². The maximum Gasteiger partial charge on any atom is 0.226 e. The van der Waals surface area contributed by atoms with Crippen molar-refractivity contribution in [2.24, 2.45) is 5.41 Å². The van der Waals surface area contributed by atoms with Gasteiger partial charge in [-0.2, -0.15) is 0 Å². The number of hydrogen-bond acceptors (Lipinski definition) is 1. The minimum absolute atomic E-state index is 0.0532. The smallest absolute Gasteiger partial charge is 0.226 e. The molecule has 1 N–H and O–H groups in total. The fourth-order valence-corrected chi connectivity index (χ4v) is 1.96. The van der Waals surface area contributed by atoms with E-state index in [-0.39, 0.29) is 5.91 Å². The molecule has 1 rings (SSSR count). The first kappa shape index (κ1) is 15.6. The first-order valence-electron chi connectivity index (χ1n) is 5.65. The number of hydrogen-bond donors (Lipinski definition) is 1. The molecule has 18 heavy (non-hydrogen) atoms. The van der Waals surface area contributed by atoms with Crippen molar-refractivity contribution in [3.63, 3.8) is 0 Å². The summed E-state index contributed by atoms with van der Waals surface area (Å²) in [6, 6.07) is 5.35. The lowest BCUT2D eigenvalue weighted by molar-refractivity contribution is -0.128. The minimum Gasteiger partial charge on any atom is -0.355 e. The molecule has 0 bridgehead atoms. The number of carbonyl (C=O) groups is 1. The lowest BCUT2D eigenvalue weighted by atomic mass is 9.95. The number of amides is 1. The Kier molecular flexibility index (Phi) is 5.77. The highest BCUT2D eigenvalue weighted by Gasteiger charge is 2.25. The molecule has 0 atom stereocenters. The van der Waals surface area contributed by atoms with E-state index in [1.807, 2.05) is 19.9 Å². The van der Waals surface area contributed by atoms with Gasteiger partial charge in [0.15, 0.2) is 0 Å². The van der Waals surface area contributed by atoms with Crippen LogP contribution in [0.5, 0.6) is 0 Å². The quantitative estimate of drug-likeness (QED) is 0.821. The molecule has 0 aliphatic heterocycles. The van der Waals surface area contributed by atoms with Gasteiger partial charge in [0.25, 0.3) is 0 Å². The summed E-state index contributed by atoms with van der Waals surface area (Å²) in [5.41, 5.74) is 0.413. The van der Waals surface area contributed by atoms with Crippen molar-refractivity contribution in [3.8, 4) is 0 Å². The fourth-order valence-electron chi connectivity index (χ4n) is 1.34. The molecule has 1 aromatic rings. The minimum atomic E-state index is -0.550. The van der Waals surface area contributed by atoms with Crippen LogP contribution in [0.3, 0.4) is 0 Å². The molecule has 2 nitrogen and oxygen atoms in total. The summed E-state index contributed by atoms with van der Waals surface area (Å²) in [6.07, 6.45) is 0.667. The Labute approximate surface area is 123 Å². The van der Waals surface area contributed by atoms with E-state index >= 15 is 0 Å². The number of nitrogens with one attached hydrogen (secondary N) is 1. The highest BCUT2D eigenvalue weighted by atomic mass is 35.5. The molecule has 0 saturated carbocycles. The molecule has 5 heteroatoms. The predicted octanol–water partition coefficient (Wildman–Crippen LogP) is 3.92. The Morgan fingerprint density at radius 1 is 1.33 bits per heavy atom. The Bertz CT molecular complexity index is 432. The van der Waals surface area contributed by atoms with Crippen LogP contribution in [0.4, 0.5) is 0 Å². The summed E-state index contributed by atoms with van der Waals surface area (Å²) in [7, 11) is 0. The highest BCUT2D eigenvalue weighted by molar-refractivity contribution is 6.35. The van der Waals surface area contributed by atoms with E-state index in [2.05, 4.69) is 5.32 Å². The lowest BCUT2D eigenvalue weighted by Gasteiger charge is -2.20. The molecule has 0 unspecified atom stereocenters. The molecule has 0 fully saturated rings. The van der Waals surface area contributed by atoms with Gasteiger partial charge in [-0.05, 0) is 38.0 Å². The van der Waals surface area contributed by atoms with Gasteiger partial charge >= 0.3 is 0 Å². The molecule has 1 amide bonds. The van der Waals surface area contributed by atoms with Gasteiger partial charge in [-0.15, -0.1) is 11.6 Å². The van der Waals surface area contributed by atoms with Gasteiger partial charge in [-0.3, -0.25) is 4.79 Å². The molecule has 1 aromatic carbocycles. The van der Waals surface area contributed by atoms with Crippen LogP contribution in [-0.4, -0.2) is 18.3 Å². The summed E-state index contributed by atoms with van der Waals surface area (Å²) in [6.45, 7) is 4.15. The Morgan fingerprint density at radius 2 is 2.00 bits per heavy atom. The molecular weight excluding hydrogens is 293 g/mol. The zero-order valence-corrected chi connectivity index (χ0v) is 12.7. The largest absolute Gasteiger partial charge is 0.355 e. The second kappa shape index (κ2) is 6.65. The van der Waals surface area contributed by atoms with E-state index in [1.165, 1.54) is 0 Å². The zero-order valence-electron chi connectivity index (χ0n) is 10.4. The molecule has 100 valence electrons. The van der Waals surface area contributed by atoms with Gasteiger partial charge in [-0.25, -0.2) is 0 Å². The molecule has 0 aliphatic carbocycles. The van der Waals surface area contributed by atoms with Crippen molar-refractivity contribution in [1.82, 2.24) is 5.32 Å². The zero-order chi connectivity index (χ0) is 13.8. The van der Waals surface area contributed by atoms with E-state index in [0.29, 0.717) is 28.9 Å². The van der Waals surface area contributed by atoms with Gasteiger partial charge in [0.1, 0.15) is 0 Å². The van der Waals surface area contributed by atoms with Crippen molar-refractivity contribution in [2.75, 3.05) is 12.4 Å². The van der Waals surface area contributed by atoms with Crippen LogP contribution in [0, 0.1) is 5.41 Å². The fraction of sp³-hybridized carbons (Fsp3) is 0.462. The summed E-state index contributed by atoms with van der Waals surface area (Å²) in [5.74, 6) is 0.239. The van der Waals surface area contributed by atoms with E-state index in [0.717, 1.165) is 5.56 Å². The Balaban J connectivity index is 2.50. The first-order chi connectivity index (χ1) is 8.36. The maximum atomic E-state index is 11.8.